The first-order chi connectivity index (χ1) is 9.70. The van der Waals surface area contributed by atoms with E-state index in [1.54, 1.807) is 27.8 Å². The standard InChI is InChI=1S/C15H29N3O3/c1-11(17-8-6-13(20)10-16-5)14(21)7-9-18-15(3,4)12(2)19/h11,16-18H,6-10H2,1-5H3/t11-/m0/s1. The second kappa shape index (κ2) is 9.76. The highest BCUT2D eigenvalue weighted by atomic mass is 16.1. The van der Waals surface area contributed by atoms with Crippen molar-refractivity contribution in [1.29, 1.82) is 0 Å². The molecule has 0 aliphatic carbocycles. The van der Waals surface area contributed by atoms with Gasteiger partial charge in [-0.3, -0.25) is 14.4 Å². The number of Topliss-reactive ketones (excluding diaryl/α,β-unsaturated/α-hetero) is 3. The number of carbonyl (C=O) groups excluding carboxylic acids is 3. The van der Waals surface area contributed by atoms with Crippen LogP contribution in [-0.4, -0.2) is 55.6 Å². The van der Waals surface area contributed by atoms with E-state index in [4.69, 9.17) is 0 Å². The number of ketones is 3. The minimum atomic E-state index is -0.601. The third-order valence-electron chi connectivity index (χ3n) is 3.53. The summed E-state index contributed by atoms with van der Waals surface area (Å²) in [6, 6.07) is -0.283. The lowest BCUT2D eigenvalue weighted by Gasteiger charge is -2.23. The van der Waals surface area contributed by atoms with Crippen LogP contribution in [0.2, 0.25) is 0 Å². The average Bonchev–Trinajstić information content (AvgIpc) is 2.38. The Morgan fingerprint density at radius 2 is 1.71 bits per heavy atom. The van der Waals surface area contributed by atoms with Gasteiger partial charge in [-0.25, -0.2) is 0 Å². The summed E-state index contributed by atoms with van der Waals surface area (Å²) < 4.78 is 0. The van der Waals surface area contributed by atoms with Crippen molar-refractivity contribution in [3.63, 3.8) is 0 Å². The summed E-state index contributed by atoms with van der Waals surface area (Å²) >= 11 is 0. The first-order valence-electron chi connectivity index (χ1n) is 7.39. The molecule has 0 aromatic heterocycles. The SMILES string of the molecule is CNCC(=O)CCN[C@@H](C)C(=O)CCNC(C)(C)C(C)=O. The summed E-state index contributed by atoms with van der Waals surface area (Å²) in [5.41, 5.74) is -0.601. The van der Waals surface area contributed by atoms with E-state index >= 15 is 0 Å². The van der Waals surface area contributed by atoms with Crippen LogP contribution in [-0.2, 0) is 14.4 Å². The van der Waals surface area contributed by atoms with Crippen molar-refractivity contribution in [3.8, 4) is 0 Å². The summed E-state index contributed by atoms with van der Waals surface area (Å²) in [5, 5.41) is 8.92. The number of likely N-dealkylation sites (N-methyl/N-ethyl adjacent to an activating group) is 1. The maximum absolute atomic E-state index is 11.9. The van der Waals surface area contributed by atoms with Crippen LogP contribution in [0.3, 0.4) is 0 Å². The Kier molecular flexibility index (Phi) is 9.24. The summed E-state index contributed by atoms with van der Waals surface area (Å²) in [6.45, 7) is 8.25. The Morgan fingerprint density at radius 3 is 2.24 bits per heavy atom. The highest BCUT2D eigenvalue weighted by molar-refractivity contribution is 5.86. The van der Waals surface area contributed by atoms with Gasteiger partial charge in [-0.15, -0.1) is 0 Å². The lowest BCUT2D eigenvalue weighted by molar-refractivity contribution is -0.123. The van der Waals surface area contributed by atoms with Gasteiger partial charge in [0.05, 0.1) is 18.1 Å². The lowest BCUT2D eigenvalue weighted by atomic mass is 10.00. The van der Waals surface area contributed by atoms with Gasteiger partial charge in [0.2, 0.25) is 0 Å². The fraction of sp³-hybridized carbons (Fsp3) is 0.800. The van der Waals surface area contributed by atoms with E-state index in [9.17, 15) is 14.4 Å². The first-order valence-corrected chi connectivity index (χ1v) is 7.39. The third-order valence-corrected chi connectivity index (χ3v) is 3.53. The summed E-state index contributed by atoms with van der Waals surface area (Å²) in [4.78, 5) is 34.6. The molecule has 0 rings (SSSR count). The molecule has 0 aliphatic rings. The number of hydrogen-bond donors (Lipinski definition) is 3. The van der Waals surface area contributed by atoms with Crippen molar-refractivity contribution < 1.29 is 14.4 Å². The van der Waals surface area contributed by atoms with Crippen molar-refractivity contribution in [1.82, 2.24) is 16.0 Å². The molecule has 0 radical (unpaired) electrons. The molecule has 0 saturated heterocycles. The topological polar surface area (TPSA) is 87.3 Å². The van der Waals surface area contributed by atoms with Gasteiger partial charge in [-0.05, 0) is 34.7 Å². The van der Waals surface area contributed by atoms with Gasteiger partial charge in [0.15, 0.2) is 5.78 Å². The first kappa shape index (κ1) is 19.9. The summed E-state index contributed by atoms with van der Waals surface area (Å²) in [5.74, 6) is 0.238. The molecule has 0 aromatic rings. The molecule has 21 heavy (non-hydrogen) atoms. The predicted molar refractivity (Wildman–Crippen MR) is 83.4 cm³/mol. The van der Waals surface area contributed by atoms with E-state index in [0.29, 0.717) is 32.5 Å². The second-order valence-corrected chi connectivity index (χ2v) is 5.82. The van der Waals surface area contributed by atoms with Crippen LogP contribution in [0.4, 0.5) is 0 Å². The van der Waals surface area contributed by atoms with Gasteiger partial charge in [0, 0.05) is 25.9 Å². The quantitative estimate of drug-likeness (QED) is 0.472. The van der Waals surface area contributed by atoms with Crippen LogP contribution in [0.1, 0.15) is 40.5 Å². The lowest BCUT2D eigenvalue weighted by Crippen LogP contribution is -2.47. The monoisotopic (exact) mass is 299 g/mol. The largest absolute Gasteiger partial charge is 0.313 e. The molecule has 6 nitrogen and oxygen atoms in total. The van der Waals surface area contributed by atoms with Crippen molar-refractivity contribution in [3.05, 3.63) is 0 Å². The maximum atomic E-state index is 11.9. The van der Waals surface area contributed by atoms with Crippen LogP contribution in [0.25, 0.3) is 0 Å². The van der Waals surface area contributed by atoms with Crippen molar-refractivity contribution in [2.45, 2.75) is 52.1 Å². The van der Waals surface area contributed by atoms with E-state index in [-0.39, 0.29) is 23.4 Å². The molecular formula is C15H29N3O3. The van der Waals surface area contributed by atoms with Gasteiger partial charge in [-0.2, -0.15) is 0 Å². The van der Waals surface area contributed by atoms with Crippen molar-refractivity contribution in [2.24, 2.45) is 0 Å². The second-order valence-electron chi connectivity index (χ2n) is 5.82. The molecule has 6 heteroatoms. The van der Waals surface area contributed by atoms with Gasteiger partial charge >= 0.3 is 0 Å². The number of carbonyl (C=O) groups is 3. The zero-order chi connectivity index (χ0) is 16.5. The molecule has 0 heterocycles. The van der Waals surface area contributed by atoms with Crippen LogP contribution < -0.4 is 16.0 Å². The van der Waals surface area contributed by atoms with Crippen LogP contribution in [0.5, 0.6) is 0 Å². The molecule has 0 saturated carbocycles. The highest BCUT2D eigenvalue weighted by Crippen LogP contribution is 2.03. The summed E-state index contributed by atoms with van der Waals surface area (Å²) in [6.07, 6.45) is 0.767. The number of hydrogen-bond acceptors (Lipinski definition) is 6. The smallest absolute Gasteiger partial charge is 0.150 e. The van der Waals surface area contributed by atoms with E-state index < -0.39 is 5.54 Å². The van der Waals surface area contributed by atoms with Crippen LogP contribution >= 0.6 is 0 Å². The van der Waals surface area contributed by atoms with E-state index in [2.05, 4.69) is 16.0 Å². The third kappa shape index (κ3) is 8.70. The highest BCUT2D eigenvalue weighted by Gasteiger charge is 2.23. The van der Waals surface area contributed by atoms with Gasteiger partial charge < -0.3 is 16.0 Å². The van der Waals surface area contributed by atoms with E-state index in [0.717, 1.165) is 0 Å². The fourth-order valence-corrected chi connectivity index (χ4v) is 1.67. The molecule has 1 atom stereocenters. The molecular weight excluding hydrogens is 270 g/mol. The predicted octanol–water partition coefficient (Wildman–Crippen LogP) is 0.0595. The molecule has 0 aromatic carbocycles. The minimum absolute atomic E-state index is 0.0455. The molecule has 0 fully saturated rings. The zero-order valence-corrected chi connectivity index (χ0v) is 13.8. The molecule has 0 spiro atoms. The molecule has 0 amide bonds. The van der Waals surface area contributed by atoms with Gasteiger partial charge in [-0.1, -0.05) is 0 Å². The molecule has 122 valence electrons. The average molecular weight is 299 g/mol. The van der Waals surface area contributed by atoms with Crippen molar-refractivity contribution >= 4 is 17.3 Å². The minimum Gasteiger partial charge on any atom is -0.313 e. The normalized spacial score (nSPS) is 13.0. The Morgan fingerprint density at radius 1 is 1.10 bits per heavy atom. The molecule has 0 bridgehead atoms. The zero-order valence-electron chi connectivity index (χ0n) is 13.8. The van der Waals surface area contributed by atoms with Gasteiger partial charge in [0.25, 0.3) is 0 Å². The van der Waals surface area contributed by atoms with Crippen LogP contribution in [0.15, 0.2) is 0 Å². The number of nitrogens with one attached hydrogen (secondary N) is 3. The fourth-order valence-electron chi connectivity index (χ4n) is 1.67. The van der Waals surface area contributed by atoms with Crippen LogP contribution in [0, 0.1) is 0 Å². The molecule has 0 unspecified atom stereocenters. The van der Waals surface area contributed by atoms with Crippen molar-refractivity contribution in [2.75, 3.05) is 26.7 Å². The maximum Gasteiger partial charge on any atom is 0.150 e. The summed E-state index contributed by atoms with van der Waals surface area (Å²) in [7, 11) is 1.73. The Labute approximate surface area is 127 Å². The molecule has 3 N–H and O–H groups in total. The Balaban J connectivity index is 3.91. The Bertz CT molecular complexity index is 367. The number of rotatable bonds is 12. The van der Waals surface area contributed by atoms with E-state index in [1.807, 2.05) is 0 Å². The van der Waals surface area contributed by atoms with Gasteiger partial charge in [0.1, 0.15) is 11.6 Å². The van der Waals surface area contributed by atoms with E-state index in [1.165, 1.54) is 6.92 Å². The Hall–Kier alpha value is -1.11. The molecule has 0 aliphatic heterocycles.